The second-order valence-electron chi connectivity index (χ2n) is 5.96. The van der Waals surface area contributed by atoms with E-state index in [1.165, 1.54) is 4.90 Å². The van der Waals surface area contributed by atoms with Crippen LogP contribution in [-0.4, -0.2) is 36.6 Å². The Morgan fingerprint density at radius 2 is 2.09 bits per heavy atom. The molecule has 9 heteroatoms. The second-order valence-corrected chi connectivity index (χ2v) is 7.62. The number of primary sulfonamides is 1. The van der Waals surface area contributed by atoms with Crippen LogP contribution in [0.4, 0.5) is 5.95 Å². The van der Waals surface area contributed by atoms with Crippen molar-refractivity contribution < 1.29 is 13.2 Å². The number of aromatic nitrogens is 2. The molecule has 1 saturated heterocycles. The maximum absolute atomic E-state index is 12.2. The fourth-order valence-corrected chi connectivity index (χ4v) is 3.68. The predicted octanol–water partition coefficient (Wildman–Crippen LogP) is 0.0623. The quantitative estimate of drug-likeness (QED) is 0.756. The predicted molar refractivity (Wildman–Crippen MR) is 86.6 cm³/mol. The van der Waals surface area contributed by atoms with Crippen LogP contribution in [0.3, 0.4) is 0 Å². The maximum atomic E-state index is 12.2. The molecule has 3 N–H and O–H groups in total. The van der Waals surface area contributed by atoms with E-state index in [1.807, 2.05) is 6.92 Å². The van der Waals surface area contributed by atoms with Crippen molar-refractivity contribution in [3.63, 3.8) is 0 Å². The molecular weight excluding hydrogens is 320 g/mol. The number of nitrogens with zero attached hydrogens (tertiary/aromatic N) is 2. The lowest BCUT2D eigenvalue weighted by molar-refractivity contribution is -0.117. The topological polar surface area (TPSA) is 126 Å². The number of aromatic amines is 1. The van der Waals surface area contributed by atoms with Crippen molar-refractivity contribution in [2.24, 2.45) is 11.1 Å². The molecule has 0 aromatic carbocycles. The summed E-state index contributed by atoms with van der Waals surface area (Å²) < 4.78 is 22.3. The first kappa shape index (κ1) is 17.6. The number of hydrogen-bond donors (Lipinski definition) is 2. The average molecular weight is 342 g/mol. The van der Waals surface area contributed by atoms with Gasteiger partial charge in [-0.05, 0) is 19.8 Å². The minimum absolute atomic E-state index is 0.0801. The zero-order chi connectivity index (χ0) is 17.2. The van der Waals surface area contributed by atoms with Gasteiger partial charge in [-0.3, -0.25) is 19.5 Å². The SMILES string of the molecule is CCCCc1c(C)nc(N2CC(CS(N)(=O)=O)CC2=O)[nH]c1=O. The summed E-state index contributed by atoms with van der Waals surface area (Å²) in [6, 6.07) is 0. The summed E-state index contributed by atoms with van der Waals surface area (Å²) in [5.41, 5.74) is 0.979. The number of H-pyrrole nitrogens is 1. The van der Waals surface area contributed by atoms with E-state index in [0.29, 0.717) is 17.7 Å². The average Bonchev–Trinajstić information content (AvgIpc) is 2.76. The Hall–Kier alpha value is -1.74. The number of carbonyl (C=O) groups excluding carboxylic acids is 1. The first-order chi connectivity index (χ1) is 10.7. The van der Waals surface area contributed by atoms with Crippen molar-refractivity contribution in [1.29, 1.82) is 0 Å². The van der Waals surface area contributed by atoms with Gasteiger partial charge >= 0.3 is 0 Å². The third-order valence-corrected chi connectivity index (χ3v) is 4.85. The standard InChI is InChI=1S/C14H22N4O4S/c1-3-4-5-11-9(2)16-14(17-13(11)20)18-7-10(6-12(18)19)8-23(15,21)22/h10H,3-8H2,1-2H3,(H2,15,21,22)(H,16,17,20). The molecule has 0 spiro atoms. The van der Waals surface area contributed by atoms with Gasteiger partial charge < -0.3 is 0 Å². The smallest absolute Gasteiger partial charge is 0.255 e. The fourth-order valence-electron chi connectivity index (χ4n) is 2.80. The molecule has 128 valence electrons. The molecule has 1 fully saturated rings. The summed E-state index contributed by atoms with van der Waals surface area (Å²) in [4.78, 5) is 32.6. The monoisotopic (exact) mass is 342 g/mol. The van der Waals surface area contributed by atoms with Gasteiger partial charge in [0.1, 0.15) is 0 Å². The molecule has 1 unspecified atom stereocenters. The first-order valence-corrected chi connectivity index (χ1v) is 9.33. The Balaban J connectivity index is 2.22. The Morgan fingerprint density at radius 3 is 2.65 bits per heavy atom. The highest BCUT2D eigenvalue weighted by atomic mass is 32.2. The van der Waals surface area contributed by atoms with Crippen LogP contribution in [0.15, 0.2) is 4.79 Å². The molecule has 8 nitrogen and oxygen atoms in total. The van der Waals surface area contributed by atoms with Crippen molar-refractivity contribution in [2.75, 3.05) is 17.2 Å². The zero-order valence-corrected chi connectivity index (χ0v) is 14.1. The highest BCUT2D eigenvalue weighted by molar-refractivity contribution is 7.89. The second kappa shape index (κ2) is 6.79. The molecule has 1 aromatic rings. The third-order valence-electron chi connectivity index (χ3n) is 3.92. The van der Waals surface area contributed by atoms with Crippen molar-refractivity contribution in [3.05, 3.63) is 21.6 Å². The first-order valence-electron chi connectivity index (χ1n) is 7.62. The number of rotatable bonds is 6. The van der Waals surface area contributed by atoms with E-state index in [0.717, 1.165) is 12.8 Å². The number of carbonyl (C=O) groups is 1. The van der Waals surface area contributed by atoms with Gasteiger partial charge in [0.2, 0.25) is 21.9 Å². The number of nitrogens with one attached hydrogen (secondary N) is 1. The van der Waals surface area contributed by atoms with E-state index < -0.39 is 10.0 Å². The summed E-state index contributed by atoms with van der Waals surface area (Å²) in [6.07, 6.45) is 2.59. The van der Waals surface area contributed by atoms with Crippen LogP contribution >= 0.6 is 0 Å². The molecule has 1 aliphatic heterocycles. The van der Waals surface area contributed by atoms with E-state index in [9.17, 15) is 18.0 Å². The van der Waals surface area contributed by atoms with Gasteiger partial charge in [-0.15, -0.1) is 0 Å². The molecule has 1 aromatic heterocycles. The number of aryl methyl sites for hydroxylation is 1. The van der Waals surface area contributed by atoms with Crippen LogP contribution in [0.5, 0.6) is 0 Å². The summed E-state index contributed by atoms with van der Waals surface area (Å²) in [6.45, 7) is 3.97. The van der Waals surface area contributed by atoms with E-state index in [1.54, 1.807) is 6.92 Å². The van der Waals surface area contributed by atoms with Gasteiger partial charge in [0, 0.05) is 30.1 Å². The lowest BCUT2D eigenvalue weighted by Crippen LogP contribution is -2.31. The van der Waals surface area contributed by atoms with Crippen LogP contribution in [0.1, 0.15) is 37.4 Å². The van der Waals surface area contributed by atoms with Crippen LogP contribution in [0.25, 0.3) is 0 Å². The molecule has 0 saturated carbocycles. The molecule has 0 bridgehead atoms. The summed E-state index contributed by atoms with van der Waals surface area (Å²) >= 11 is 0. The van der Waals surface area contributed by atoms with Crippen LogP contribution in [-0.2, 0) is 21.2 Å². The number of hydrogen-bond acceptors (Lipinski definition) is 5. The minimum atomic E-state index is -3.64. The van der Waals surface area contributed by atoms with Gasteiger partial charge in [0.05, 0.1) is 5.75 Å². The van der Waals surface area contributed by atoms with Crippen molar-refractivity contribution in [3.8, 4) is 0 Å². The normalized spacial score (nSPS) is 18.7. The Morgan fingerprint density at radius 1 is 1.39 bits per heavy atom. The zero-order valence-electron chi connectivity index (χ0n) is 13.3. The van der Waals surface area contributed by atoms with E-state index in [4.69, 9.17) is 5.14 Å². The van der Waals surface area contributed by atoms with Crippen LogP contribution < -0.4 is 15.6 Å². The fraction of sp³-hybridized carbons (Fsp3) is 0.643. The van der Waals surface area contributed by atoms with Crippen LogP contribution in [0.2, 0.25) is 0 Å². The molecule has 1 atom stereocenters. The molecule has 0 radical (unpaired) electrons. The van der Waals surface area contributed by atoms with E-state index in [-0.39, 0.29) is 42.1 Å². The minimum Gasteiger partial charge on any atom is -0.292 e. The summed E-state index contributed by atoms with van der Waals surface area (Å²) in [5.74, 6) is -0.729. The van der Waals surface area contributed by atoms with Gasteiger partial charge in [0.15, 0.2) is 0 Å². The number of amides is 1. The number of sulfonamides is 1. The summed E-state index contributed by atoms with van der Waals surface area (Å²) in [7, 11) is -3.64. The van der Waals surface area contributed by atoms with Gasteiger partial charge in [-0.25, -0.2) is 18.5 Å². The van der Waals surface area contributed by atoms with Gasteiger partial charge in [-0.1, -0.05) is 13.3 Å². The van der Waals surface area contributed by atoms with Crippen LogP contribution in [0, 0.1) is 12.8 Å². The van der Waals surface area contributed by atoms with Gasteiger partial charge in [0.25, 0.3) is 5.56 Å². The lowest BCUT2D eigenvalue weighted by Gasteiger charge is -2.16. The molecule has 23 heavy (non-hydrogen) atoms. The number of anilines is 1. The van der Waals surface area contributed by atoms with E-state index in [2.05, 4.69) is 9.97 Å². The maximum Gasteiger partial charge on any atom is 0.255 e. The van der Waals surface area contributed by atoms with Crippen molar-refractivity contribution in [2.45, 2.75) is 39.5 Å². The molecule has 1 amide bonds. The third kappa shape index (κ3) is 4.38. The highest BCUT2D eigenvalue weighted by Crippen LogP contribution is 2.23. The number of unbranched alkanes of at least 4 members (excludes halogenated alkanes) is 1. The molecule has 2 rings (SSSR count). The van der Waals surface area contributed by atoms with E-state index >= 15 is 0 Å². The Kier molecular flexibility index (Phi) is 5.20. The molecule has 1 aliphatic rings. The van der Waals surface area contributed by atoms with Crippen molar-refractivity contribution >= 4 is 21.9 Å². The Labute approximate surface area is 135 Å². The lowest BCUT2D eigenvalue weighted by atomic mass is 10.1. The molecular formula is C14H22N4O4S. The van der Waals surface area contributed by atoms with Gasteiger partial charge in [-0.2, -0.15) is 0 Å². The Bertz CT molecular complexity index is 757. The summed E-state index contributed by atoms with van der Waals surface area (Å²) in [5, 5.41) is 5.03. The highest BCUT2D eigenvalue weighted by Gasteiger charge is 2.34. The largest absolute Gasteiger partial charge is 0.292 e. The van der Waals surface area contributed by atoms with Crippen molar-refractivity contribution in [1.82, 2.24) is 9.97 Å². The number of nitrogens with two attached hydrogens (primary N) is 1. The molecule has 0 aliphatic carbocycles. The molecule has 2 heterocycles.